The third-order valence-electron chi connectivity index (χ3n) is 4.70. The molecule has 140 valence electrons. The van der Waals surface area contributed by atoms with Crippen molar-refractivity contribution in [1.29, 1.82) is 0 Å². The van der Waals surface area contributed by atoms with Crippen LogP contribution >= 0.6 is 11.3 Å². The number of ether oxygens (including phenoxy) is 2. The van der Waals surface area contributed by atoms with Crippen molar-refractivity contribution >= 4 is 33.3 Å². The topological polar surface area (TPSA) is 64.5 Å². The lowest BCUT2D eigenvalue weighted by atomic mass is 10.1. The van der Waals surface area contributed by atoms with E-state index >= 15 is 0 Å². The minimum Gasteiger partial charge on any atom is -0.462 e. The van der Waals surface area contributed by atoms with Gasteiger partial charge in [-0.1, -0.05) is 30.3 Å². The fourth-order valence-electron chi connectivity index (χ4n) is 3.40. The molecular weight excluding hydrogens is 362 g/mol. The molecule has 1 aromatic carbocycles. The van der Waals surface area contributed by atoms with E-state index in [1.165, 1.54) is 11.3 Å². The molecule has 0 aliphatic carbocycles. The summed E-state index contributed by atoms with van der Waals surface area (Å²) in [5, 5.41) is 0.930. The van der Waals surface area contributed by atoms with Gasteiger partial charge in [0, 0.05) is 13.1 Å². The molecular formula is C20H21N3O3S. The number of benzene rings is 1. The smallest absolute Gasteiger partial charge is 0.348 e. The molecule has 6 nitrogen and oxygen atoms in total. The van der Waals surface area contributed by atoms with Gasteiger partial charge >= 0.3 is 5.97 Å². The second kappa shape index (κ2) is 7.62. The second-order valence-corrected chi connectivity index (χ2v) is 7.37. The van der Waals surface area contributed by atoms with Gasteiger partial charge in [-0.3, -0.25) is 0 Å². The van der Waals surface area contributed by atoms with E-state index in [1.807, 2.05) is 32.0 Å². The van der Waals surface area contributed by atoms with Crippen molar-refractivity contribution in [3.05, 3.63) is 52.7 Å². The van der Waals surface area contributed by atoms with Crippen molar-refractivity contribution in [3.63, 3.8) is 0 Å². The van der Waals surface area contributed by atoms with Crippen molar-refractivity contribution in [1.82, 2.24) is 9.97 Å². The Balaban J connectivity index is 1.70. The van der Waals surface area contributed by atoms with Crippen LogP contribution in [0.3, 0.4) is 0 Å². The Hall–Kier alpha value is -2.51. The zero-order valence-corrected chi connectivity index (χ0v) is 16.2. The third kappa shape index (κ3) is 3.40. The molecule has 27 heavy (non-hydrogen) atoms. The van der Waals surface area contributed by atoms with Crippen LogP contribution in [0, 0.1) is 6.92 Å². The third-order valence-corrected chi connectivity index (χ3v) is 5.88. The number of anilines is 1. The molecule has 0 radical (unpaired) electrons. The number of hydrogen-bond acceptors (Lipinski definition) is 7. The van der Waals surface area contributed by atoms with Gasteiger partial charge in [0.2, 0.25) is 0 Å². The fourth-order valence-corrected chi connectivity index (χ4v) is 4.43. The van der Waals surface area contributed by atoms with Gasteiger partial charge in [-0.2, -0.15) is 0 Å². The van der Waals surface area contributed by atoms with Crippen LogP contribution in [0.1, 0.15) is 33.8 Å². The normalized spacial score (nSPS) is 17.3. The molecule has 3 heterocycles. The number of nitrogens with zero attached hydrogens (tertiary/aromatic N) is 3. The maximum atomic E-state index is 12.3. The molecule has 1 atom stereocenters. The zero-order chi connectivity index (χ0) is 18.8. The van der Waals surface area contributed by atoms with Gasteiger partial charge in [0.05, 0.1) is 18.6 Å². The first-order valence-corrected chi connectivity index (χ1v) is 9.83. The van der Waals surface area contributed by atoms with Gasteiger partial charge in [0.1, 0.15) is 28.0 Å². The number of hydrogen-bond donors (Lipinski definition) is 0. The number of thiophene rings is 1. The molecule has 0 amide bonds. The highest BCUT2D eigenvalue weighted by molar-refractivity contribution is 7.20. The number of morpholine rings is 1. The number of carbonyl (C=O) groups is 1. The molecule has 1 aliphatic rings. The molecule has 0 spiro atoms. The van der Waals surface area contributed by atoms with Crippen molar-refractivity contribution < 1.29 is 14.3 Å². The van der Waals surface area contributed by atoms with Crippen LogP contribution < -0.4 is 4.90 Å². The van der Waals surface area contributed by atoms with E-state index in [0.717, 1.165) is 33.7 Å². The molecule has 0 unspecified atom stereocenters. The number of esters is 1. The Morgan fingerprint density at radius 3 is 2.93 bits per heavy atom. The maximum absolute atomic E-state index is 12.3. The zero-order valence-electron chi connectivity index (χ0n) is 15.3. The predicted octanol–water partition coefficient (Wildman–Crippen LogP) is 3.75. The average Bonchev–Trinajstić information content (AvgIpc) is 3.06. The first-order chi connectivity index (χ1) is 13.2. The van der Waals surface area contributed by atoms with E-state index in [0.29, 0.717) is 24.6 Å². The molecule has 3 aromatic rings. The molecule has 2 aromatic heterocycles. The fraction of sp³-hybridized carbons (Fsp3) is 0.350. The van der Waals surface area contributed by atoms with Crippen molar-refractivity contribution in [2.24, 2.45) is 0 Å². The number of fused-ring (bicyclic) bond motifs is 1. The molecule has 0 saturated carbocycles. The largest absolute Gasteiger partial charge is 0.462 e. The van der Waals surface area contributed by atoms with Crippen LogP contribution in [0.15, 0.2) is 36.7 Å². The summed E-state index contributed by atoms with van der Waals surface area (Å²) in [6.07, 6.45) is 1.56. The minimum absolute atomic E-state index is 0.00608. The summed E-state index contributed by atoms with van der Waals surface area (Å²) >= 11 is 1.36. The summed E-state index contributed by atoms with van der Waals surface area (Å²) in [5.41, 5.74) is 2.04. The average molecular weight is 383 g/mol. The van der Waals surface area contributed by atoms with Crippen molar-refractivity contribution in [3.8, 4) is 0 Å². The molecule has 4 rings (SSSR count). The van der Waals surface area contributed by atoms with Gasteiger partial charge in [-0.05, 0) is 25.0 Å². The predicted molar refractivity (Wildman–Crippen MR) is 105 cm³/mol. The lowest BCUT2D eigenvalue weighted by molar-refractivity contribution is 0.0396. The minimum atomic E-state index is -0.298. The highest BCUT2D eigenvalue weighted by Gasteiger charge is 2.27. The summed E-state index contributed by atoms with van der Waals surface area (Å²) < 4.78 is 11.2. The van der Waals surface area contributed by atoms with Crippen LogP contribution in [-0.4, -0.2) is 42.2 Å². The summed E-state index contributed by atoms with van der Waals surface area (Å²) in [6, 6.07) is 10.2. The number of rotatable bonds is 4. The Morgan fingerprint density at radius 1 is 1.33 bits per heavy atom. The van der Waals surface area contributed by atoms with Gasteiger partial charge in [-0.25, -0.2) is 14.8 Å². The lowest BCUT2D eigenvalue weighted by Gasteiger charge is -2.34. The highest BCUT2D eigenvalue weighted by atomic mass is 32.1. The Morgan fingerprint density at radius 2 is 2.15 bits per heavy atom. The number of carbonyl (C=O) groups excluding carboxylic acids is 1. The first-order valence-electron chi connectivity index (χ1n) is 9.01. The van der Waals surface area contributed by atoms with E-state index in [9.17, 15) is 4.79 Å². The highest BCUT2D eigenvalue weighted by Crippen LogP contribution is 2.36. The summed E-state index contributed by atoms with van der Waals surface area (Å²) in [7, 11) is 0. The number of aryl methyl sites for hydroxylation is 1. The van der Waals surface area contributed by atoms with Crippen LogP contribution in [0.5, 0.6) is 0 Å². The Labute approximate surface area is 161 Å². The van der Waals surface area contributed by atoms with Gasteiger partial charge in [0.15, 0.2) is 0 Å². The van der Waals surface area contributed by atoms with E-state index in [1.54, 1.807) is 6.33 Å². The van der Waals surface area contributed by atoms with E-state index in [4.69, 9.17) is 9.47 Å². The van der Waals surface area contributed by atoms with E-state index in [2.05, 4.69) is 27.0 Å². The quantitative estimate of drug-likeness (QED) is 0.639. The standard InChI is InChI=1S/C20H21N3O3S/c1-3-25-20(24)17-13(2)16-18(21-12-22-19(16)27-17)23-9-10-26-15(11-23)14-7-5-4-6-8-14/h4-8,12,15H,3,9-11H2,1-2H3/t15-/m0/s1. The Bertz CT molecular complexity index is 958. The number of aromatic nitrogens is 2. The van der Waals surface area contributed by atoms with Gasteiger partial charge < -0.3 is 14.4 Å². The van der Waals surface area contributed by atoms with Crippen molar-refractivity contribution in [2.45, 2.75) is 20.0 Å². The summed E-state index contributed by atoms with van der Waals surface area (Å²) in [5.74, 6) is 0.557. The van der Waals surface area contributed by atoms with E-state index in [-0.39, 0.29) is 12.1 Å². The molecule has 1 fully saturated rings. The molecule has 0 N–H and O–H groups in total. The maximum Gasteiger partial charge on any atom is 0.348 e. The van der Waals surface area contributed by atoms with Gasteiger partial charge in [-0.15, -0.1) is 11.3 Å². The molecule has 1 aliphatic heterocycles. The first kappa shape index (κ1) is 17.9. The molecule has 1 saturated heterocycles. The van der Waals surface area contributed by atoms with Crippen LogP contribution in [0.2, 0.25) is 0 Å². The van der Waals surface area contributed by atoms with Crippen LogP contribution in [0.4, 0.5) is 5.82 Å². The monoisotopic (exact) mass is 383 g/mol. The van der Waals surface area contributed by atoms with Gasteiger partial charge in [0.25, 0.3) is 0 Å². The lowest BCUT2D eigenvalue weighted by Crippen LogP contribution is -2.39. The summed E-state index contributed by atoms with van der Waals surface area (Å²) in [6.45, 7) is 6.18. The summed E-state index contributed by atoms with van der Waals surface area (Å²) in [4.78, 5) is 24.8. The van der Waals surface area contributed by atoms with Crippen molar-refractivity contribution in [2.75, 3.05) is 31.2 Å². The van der Waals surface area contributed by atoms with Crippen LogP contribution in [-0.2, 0) is 9.47 Å². The SMILES string of the molecule is CCOC(=O)c1sc2ncnc(N3CCO[C@H](c4ccccc4)C3)c2c1C. The van der Waals surface area contributed by atoms with E-state index < -0.39 is 0 Å². The second-order valence-electron chi connectivity index (χ2n) is 6.37. The molecule has 7 heteroatoms. The Kier molecular flexibility index (Phi) is 5.05. The van der Waals surface area contributed by atoms with Crippen LogP contribution in [0.25, 0.3) is 10.2 Å². The molecule has 0 bridgehead atoms.